The van der Waals surface area contributed by atoms with Gasteiger partial charge < -0.3 is 29.1 Å². The Balaban J connectivity index is 1.70. The van der Waals surface area contributed by atoms with E-state index in [2.05, 4.69) is 54.7 Å². The highest BCUT2D eigenvalue weighted by Crippen LogP contribution is 2.43. The molecule has 0 bridgehead atoms. The Labute approximate surface area is 253 Å². The molecule has 0 unspecified atom stereocenters. The van der Waals surface area contributed by atoms with Crippen LogP contribution in [0.15, 0.2) is 6.33 Å². The lowest BCUT2D eigenvalue weighted by Gasteiger charge is -2.39. The minimum absolute atomic E-state index is 0.0444. The minimum Gasteiger partial charge on any atom is -0.460 e. The number of unbranched alkanes of at least 4 members (excludes halogenated alkanes) is 2. The molecule has 3 rings (SSSR count). The van der Waals surface area contributed by atoms with Gasteiger partial charge in [0.1, 0.15) is 11.8 Å². The van der Waals surface area contributed by atoms with Crippen LogP contribution >= 0.6 is 0 Å². The summed E-state index contributed by atoms with van der Waals surface area (Å²) in [6, 6.07) is 0. The Kier molecular flexibility index (Phi) is 10.5. The molecular formula is C29H44FN5O7Si. The summed E-state index contributed by atoms with van der Waals surface area (Å²) in [5, 5.41) is -0.119. The molecule has 2 aromatic rings. The maximum absolute atomic E-state index is 14.0. The van der Waals surface area contributed by atoms with Crippen LogP contribution < -0.4 is 5.73 Å². The number of aromatic nitrogens is 4. The molecule has 0 spiro atoms. The Morgan fingerprint density at radius 2 is 1.91 bits per heavy atom. The maximum Gasteiger partial charge on any atom is 0.508 e. The summed E-state index contributed by atoms with van der Waals surface area (Å²) in [4.78, 5) is 36.2. The third kappa shape index (κ3) is 8.64. The first-order valence-corrected chi connectivity index (χ1v) is 17.3. The molecule has 3 heterocycles. The topological polar surface area (TPSA) is 150 Å². The molecule has 12 nitrogen and oxygen atoms in total. The number of fused-ring (bicyclic) bond motifs is 1. The third-order valence-electron chi connectivity index (χ3n) is 7.62. The molecule has 2 N–H and O–H groups in total. The average molecular weight is 622 g/mol. The van der Waals surface area contributed by atoms with Crippen LogP contribution in [0, 0.1) is 18.4 Å². The van der Waals surface area contributed by atoms with E-state index in [1.54, 1.807) is 0 Å². The number of hydrogen-bond acceptors (Lipinski definition) is 11. The van der Waals surface area contributed by atoms with Gasteiger partial charge in [0, 0.05) is 12.8 Å². The number of esters is 1. The number of terminal acetylenes is 1. The molecule has 1 aliphatic rings. The van der Waals surface area contributed by atoms with E-state index in [9.17, 15) is 14.0 Å². The van der Waals surface area contributed by atoms with E-state index in [0.717, 1.165) is 0 Å². The van der Waals surface area contributed by atoms with E-state index >= 15 is 0 Å². The van der Waals surface area contributed by atoms with Crippen LogP contribution in [0.5, 0.6) is 0 Å². The summed E-state index contributed by atoms with van der Waals surface area (Å²) in [6.45, 7) is 15.9. The lowest BCUT2D eigenvalue weighted by Crippen LogP contribution is -2.50. The number of anilines is 1. The van der Waals surface area contributed by atoms with Crippen LogP contribution in [0.4, 0.5) is 15.0 Å². The van der Waals surface area contributed by atoms with Crippen molar-refractivity contribution in [2.75, 3.05) is 18.9 Å². The quantitative estimate of drug-likeness (QED) is 0.115. The van der Waals surface area contributed by atoms with Crippen molar-refractivity contribution in [1.29, 1.82) is 0 Å². The van der Waals surface area contributed by atoms with Crippen molar-refractivity contribution >= 4 is 37.4 Å². The van der Waals surface area contributed by atoms with Crippen LogP contribution in [0.1, 0.15) is 79.9 Å². The highest BCUT2D eigenvalue weighted by Gasteiger charge is 2.53. The van der Waals surface area contributed by atoms with Crippen molar-refractivity contribution < 1.29 is 37.4 Å². The number of nitrogens with two attached hydrogens (primary N) is 1. The lowest BCUT2D eigenvalue weighted by atomic mass is 9.99. The van der Waals surface area contributed by atoms with Crippen molar-refractivity contribution in [2.45, 2.75) is 115 Å². The van der Waals surface area contributed by atoms with Gasteiger partial charge in [0.15, 0.2) is 37.0 Å². The number of halogens is 1. The van der Waals surface area contributed by atoms with E-state index in [1.807, 2.05) is 20.8 Å². The molecule has 3 atom stereocenters. The molecule has 1 fully saturated rings. The number of imidazole rings is 1. The number of carbonyl (C=O) groups is 2. The molecule has 1 saturated heterocycles. The predicted molar refractivity (Wildman–Crippen MR) is 160 cm³/mol. The molecule has 0 amide bonds. The Bertz CT molecular complexity index is 1350. The van der Waals surface area contributed by atoms with Crippen LogP contribution in [0.3, 0.4) is 0 Å². The molecular weight excluding hydrogens is 577 g/mol. The number of carbonyl (C=O) groups excluding carboxylic acids is 2. The number of rotatable bonds is 11. The number of ether oxygens (including phenoxy) is 4. The fourth-order valence-corrected chi connectivity index (χ4v) is 5.23. The third-order valence-corrected chi connectivity index (χ3v) is 12.1. The second kappa shape index (κ2) is 13.2. The first kappa shape index (κ1) is 34.2. The Morgan fingerprint density at radius 3 is 2.53 bits per heavy atom. The summed E-state index contributed by atoms with van der Waals surface area (Å²) < 4.78 is 44.6. The average Bonchev–Trinajstić information content (AvgIpc) is 3.45. The number of nitrogen functional groups attached to an aromatic ring is 1. The van der Waals surface area contributed by atoms with Crippen LogP contribution in [-0.2, 0) is 28.2 Å². The van der Waals surface area contributed by atoms with Crippen LogP contribution in [0.2, 0.25) is 18.1 Å². The van der Waals surface area contributed by atoms with Gasteiger partial charge in [-0.3, -0.25) is 9.36 Å². The SMILES string of the molecule is C#C[C@]1(CO[Si](C)(C)C(C)(C)C)O[C@@H](n2cnc3c(N)nc(F)nc32)C[C@@H]1OC(=O)OCCCCCC(=O)OC(C)(C)C. The highest BCUT2D eigenvalue weighted by molar-refractivity contribution is 6.74. The van der Waals surface area contributed by atoms with Crippen molar-refractivity contribution in [3.05, 3.63) is 12.4 Å². The summed E-state index contributed by atoms with van der Waals surface area (Å²) in [6.07, 6.45) is 5.86. The highest BCUT2D eigenvalue weighted by atomic mass is 28.4. The molecule has 43 heavy (non-hydrogen) atoms. The Morgan fingerprint density at radius 1 is 1.21 bits per heavy atom. The van der Waals surface area contributed by atoms with E-state index in [4.69, 9.17) is 35.5 Å². The van der Waals surface area contributed by atoms with Gasteiger partial charge in [-0.2, -0.15) is 14.4 Å². The second-order valence-corrected chi connectivity index (χ2v) is 18.0. The largest absolute Gasteiger partial charge is 0.508 e. The summed E-state index contributed by atoms with van der Waals surface area (Å²) >= 11 is 0. The summed E-state index contributed by atoms with van der Waals surface area (Å²) in [5.41, 5.74) is 4.14. The van der Waals surface area contributed by atoms with Gasteiger partial charge in [0.05, 0.1) is 19.5 Å². The first-order chi connectivity index (χ1) is 19.9. The molecule has 2 aromatic heterocycles. The molecule has 0 aliphatic carbocycles. The van der Waals surface area contributed by atoms with E-state index in [-0.39, 0.29) is 54.0 Å². The summed E-state index contributed by atoms with van der Waals surface area (Å²) in [5.74, 6) is 2.28. The number of nitrogens with zero attached hydrogens (tertiary/aromatic N) is 4. The Hall–Kier alpha value is -3.28. The van der Waals surface area contributed by atoms with Crippen molar-refractivity contribution in [2.24, 2.45) is 0 Å². The maximum atomic E-state index is 14.0. The summed E-state index contributed by atoms with van der Waals surface area (Å²) in [7, 11) is -2.29. The fraction of sp³-hybridized carbons (Fsp3) is 0.690. The van der Waals surface area contributed by atoms with Gasteiger partial charge in [-0.25, -0.2) is 9.78 Å². The molecule has 1 aliphatic heterocycles. The van der Waals surface area contributed by atoms with Gasteiger partial charge >= 0.3 is 18.2 Å². The van der Waals surface area contributed by atoms with Crippen molar-refractivity contribution in [1.82, 2.24) is 19.5 Å². The van der Waals surface area contributed by atoms with Gasteiger partial charge in [0.25, 0.3) is 0 Å². The minimum atomic E-state index is -2.29. The zero-order valence-corrected chi connectivity index (χ0v) is 27.4. The standard InChI is InChI=1S/C29H44FN5O7Si/c1-10-29(17-39-43(8,9)28(5,6)7)19(40-26(37)38-15-13-11-12-14-21(36)42-27(2,3)4)16-20(41-29)35-18-32-22-23(31)33-25(30)34-24(22)35/h1,18-20H,11-17H2,2-9H3,(H2,31,33,34)/t19-,20+,29+/m0/s1. The normalized spacial score (nSPS) is 21.0. The van der Waals surface area contributed by atoms with E-state index in [0.29, 0.717) is 19.3 Å². The van der Waals surface area contributed by atoms with Crippen LogP contribution in [-0.4, -0.2) is 70.5 Å². The molecule has 0 aromatic carbocycles. The fourth-order valence-electron chi connectivity index (χ4n) is 4.22. The second-order valence-electron chi connectivity index (χ2n) is 13.2. The zero-order chi connectivity index (χ0) is 32.2. The van der Waals surface area contributed by atoms with Gasteiger partial charge in [-0.1, -0.05) is 26.7 Å². The van der Waals surface area contributed by atoms with Crippen LogP contribution in [0.25, 0.3) is 11.2 Å². The van der Waals surface area contributed by atoms with Gasteiger partial charge in [-0.15, -0.1) is 6.42 Å². The molecule has 0 saturated carbocycles. The van der Waals surface area contributed by atoms with E-state index < -0.39 is 44.1 Å². The molecule has 14 heteroatoms. The monoisotopic (exact) mass is 621 g/mol. The van der Waals surface area contributed by atoms with Crippen molar-refractivity contribution in [3.8, 4) is 12.3 Å². The zero-order valence-electron chi connectivity index (χ0n) is 26.4. The lowest BCUT2D eigenvalue weighted by molar-refractivity contribution is -0.154. The predicted octanol–water partition coefficient (Wildman–Crippen LogP) is 5.28. The first-order valence-electron chi connectivity index (χ1n) is 14.4. The number of hydrogen-bond donors (Lipinski definition) is 1. The smallest absolute Gasteiger partial charge is 0.460 e. The van der Waals surface area contributed by atoms with Crippen molar-refractivity contribution in [3.63, 3.8) is 0 Å². The van der Waals surface area contributed by atoms with E-state index in [1.165, 1.54) is 10.9 Å². The van der Waals surface area contributed by atoms with Gasteiger partial charge in [-0.05, 0) is 58.2 Å². The molecule has 0 radical (unpaired) electrons. The molecule has 238 valence electrons. The van der Waals surface area contributed by atoms with Gasteiger partial charge in [0.2, 0.25) is 0 Å².